The van der Waals surface area contributed by atoms with Crippen molar-refractivity contribution in [2.45, 2.75) is 44.7 Å². The topological polar surface area (TPSA) is 46.3 Å². The number of hydrogen-bond donors (Lipinski definition) is 1. The molecular weight excluding hydrogens is 208 g/mol. The van der Waals surface area contributed by atoms with E-state index in [1.165, 1.54) is 5.75 Å². The predicted molar refractivity (Wildman–Crippen MR) is 66.0 cm³/mol. The van der Waals surface area contributed by atoms with Gasteiger partial charge in [-0.2, -0.15) is 11.8 Å². The summed E-state index contributed by atoms with van der Waals surface area (Å²) in [5, 5.41) is 0. The van der Waals surface area contributed by atoms with E-state index in [9.17, 15) is 4.79 Å². The first-order valence-electron chi connectivity index (χ1n) is 5.76. The molecule has 1 saturated heterocycles. The number of carbonyl (C=O) groups is 1. The van der Waals surface area contributed by atoms with Crippen LogP contribution in [-0.4, -0.2) is 41.4 Å². The van der Waals surface area contributed by atoms with Crippen molar-refractivity contribution >= 4 is 17.7 Å². The summed E-state index contributed by atoms with van der Waals surface area (Å²) >= 11 is 1.92. The van der Waals surface area contributed by atoms with Crippen molar-refractivity contribution in [1.82, 2.24) is 4.90 Å². The molecule has 1 aliphatic heterocycles. The van der Waals surface area contributed by atoms with Crippen LogP contribution in [0.25, 0.3) is 0 Å². The highest BCUT2D eigenvalue weighted by atomic mass is 32.2. The molecule has 0 spiro atoms. The van der Waals surface area contributed by atoms with Crippen molar-refractivity contribution < 1.29 is 4.79 Å². The lowest BCUT2D eigenvalue weighted by molar-refractivity contribution is -0.133. The lowest BCUT2D eigenvalue weighted by Gasteiger charge is -2.26. The first-order valence-corrected chi connectivity index (χ1v) is 6.92. The molecule has 2 N–H and O–H groups in total. The predicted octanol–water partition coefficient (Wildman–Crippen LogP) is 1.47. The molecule has 0 aromatic heterocycles. The summed E-state index contributed by atoms with van der Waals surface area (Å²) in [6, 6.07) is 0.121. The third-order valence-electron chi connectivity index (χ3n) is 2.99. The molecule has 1 amide bonds. The number of nitrogens with zero attached hydrogens (tertiary/aromatic N) is 1. The number of likely N-dealkylation sites (N-methyl/N-ethyl adjacent to an activating group) is 1. The van der Waals surface area contributed by atoms with Gasteiger partial charge in [0.05, 0.1) is 6.04 Å². The number of rotatable bonds is 5. The fourth-order valence-electron chi connectivity index (χ4n) is 1.82. The Balaban J connectivity index is 2.36. The molecule has 1 rings (SSSR count). The minimum Gasteiger partial charge on any atom is -0.341 e. The van der Waals surface area contributed by atoms with Gasteiger partial charge in [0.25, 0.3) is 0 Å². The molecular formula is C11H22N2OS. The zero-order valence-corrected chi connectivity index (χ0v) is 10.6. The molecule has 15 heavy (non-hydrogen) atoms. The molecule has 1 unspecified atom stereocenters. The van der Waals surface area contributed by atoms with Gasteiger partial charge in [-0.05, 0) is 18.6 Å². The Bertz CT molecular complexity index is 205. The number of hydrogen-bond acceptors (Lipinski definition) is 3. The van der Waals surface area contributed by atoms with E-state index in [0.717, 1.165) is 31.4 Å². The molecule has 1 heterocycles. The summed E-state index contributed by atoms with van der Waals surface area (Å²) in [6.45, 7) is 2.12. The molecule has 0 aromatic rings. The van der Waals surface area contributed by atoms with E-state index in [4.69, 9.17) is 5.73 Å². The Hall–Kier alpha value is -0.220. The van der Waals surface area contributed by atoms with Crippen LogP contribution >= 0.6 is 11.8 Å². The Labute approximate surface area is 96.8 Å². The molecule has 1 fully saturated rings. The molecule has 0 bridgehead atoms. The van der Waals surface area contributed by atoms with E-state index in [1.807, 2.05) is 23.7 Å². The normalized spacial score (nSPS) is 22.7. The molecule has 88 valence electrons. The molecule has 4 heteroatoms. The second-order valence-electron chi connectivity index (χ2n) is 4.22. The highest BCUT2D eigenvalue weighted by Crippen LogP contribution is 2.21. The van der Waals surface area contributed by atoms with Gasteiger partial charge in [-0.15, -0.1) is 0 Å². The van der Waals surface area contributed by atoms with Gasteiger partial charge in [0.15, 0.2) is 0 Å². The first kappa shape index (κ1) is 12.8. The average molecular weight is 230 g/mol. The van der Waals surface area contributed by atoms with Crippen molar-refractivity contribution in [3.05, 3.63) is 0 Å². The Morgan fingerprint density at radius 1 is 1.67 bits per heavy atom. The summed E-state index contributed by atoms with van der Waals surface area (Å²) in [4.78, 5) is 13.8. The van der Waals surface area contributed by atoms with Crippen LogP contribution < -0.4 is 5.73 Å². The van der Waals surface area contributed by atoms with Crippen molar-refractivity contribution in [2.24, 2.45) is 5.73 Å². The zero-order chi connectivity index (χ0) is 11.3. The summed E-state index contributed by atoms with van der Waals surface area (Å²) in [5.41, 5.74) is 5.87. The molecule has 0 radical (unpaired) electrons. The average Bonchev–Trinajstić information content (AvgIpc) is 2.77. The monoisotopic (exact) mass is 230 g/mol. The van der Waals surface area contributed by atoms with E-state index in [2.05, 4.69) is 6.92 Å². The fraction of sp³-hybridized carbons (Fsp3) is 0.909. The molecule has 0 aromatic carbocycles. The lowest BCUT2D eigenvalue weighted by Crippen LogP contribution is -2.46. The third kappa shape index (κ3) is 3.68. The second kappa shape index (κ2) is 6.38. The van der Waals surface area contributed by atoms with Crippen LogP contribution in [0.4, 0.5) is 0 Å². The Morgan fingerprint density at radius 2 is 2.40 bits per heavy atom. The van der Waals surface area contributed by atoms with Crippen LogP contribution in [0.15, 0.2) is 0 Å². The maximum absolute atomic E-state index is 11.9. The number of thioether (sulfide) groups is 1. The highest BCUT2D eigenvalue weighted by Gasteiger charge is 2.26. The standard InChI is InChI=1S/C11H22N2OS/c1-3-4-5-10(12)11(14)13(2)9-6-7-15-8-9/h9-10H,3-8,12H2,1-2H3/t9?,10-/m0/s1. The van der Waals surface area contributed by atoms with Gasteiger partial charge in [-0.3, -0.25) is 4.79 Å². The lowest BCUT2D eigenvalue weighted by atomic mass is 10.1. The quantitative estimate of drug-likeness (QED) is 0.778. The maximum Gasteiger partial charge on any atom is 0.239 e. The first-order chi connectivity index (χ1) is 7.16. The third-order valence-corrected chi connectivity index (χ3v) is 4.13. The summed E-state index contributed by atoms with van der Waals surface area (Å²) in [5.74, 6) is 2.37. The van der Waals surface area contributed by atoms with E-state index in [0.29, 0.717) is 6.04 Å². The van der Waals surface area contributed by atoms with E-state index >= 15 is 0 Å². The van der Waals surface area contributed by atoms with Crippen LogP contribution in [0.1, 0.15) is 32.6 Å². The SMILES string of the molecule is CCCC[C@H](N)C(=O)N(C)C1CCSC1. The smallest absolute Gasteiger partial charge is 0.239 e. The van der Waals surface area contributed by atoms with Crippen LogP contribution in [0.5, 0.6) is 0 Å². The van der Waals surface area contributed by atoms with E-state index in [1.54, 1.807) is 0 Å². The zero-order valence-electron chi connectivity index (χ0n) is 9.74. The Kier molecular flexibility index (Phi) is 5.47. The molecule has 2 atom stereocenters. The van der Waals surface area contributed by atoms with Crippen LogP contribution in [0.2, 0.25) is 0 Å². The molecule has 0 saturated carbocycles. The number of nitrogens with two attached hydrogens (primary N) is 1. The molecule has 3 nitrogen and oxygen atoms in total. The van der Waals surface area contributed by atoms with Gasteiger partial charge in [-0.1, -0.05) is 19.8 Å². The highest BCUT2D eigenvalue weighted by molar-refractivity contribution is 7.99. The van der Waals surface area contributed by atoms with Gasteiger partial charge < -0.3 is 10.6 Å². The van der Waals surface area contributed by atoms with Gasteiger partial charge in [0, 0.05) is 18.8 Å². The minimum absolute atomic E-state index is 0.121. The van der Waals surface area contributed by atoms with Gasteiger partial charge in [-0.25, -0.2) is 0 Å². The molecule has 0 aliphatic carbocycles. The van der Waals surface area contributed by atoms with Crippen LogP contribution in [0, 0.1) is 0 Å². The summed E-state index contributed by atoms with van der Waals surface area (Å²) < 4.78 is 0. The number of amides is 1. The second-order valence-corrected chi connectivity index (χ2v) is 5.37. The minimum atomic E-state index is -0.291. The fourth-order valence-corrected chi connectivity index (χ4v) is 3.08. The van der Waals surface area contributed by atoms with Crippen molar-refractivity contribution in [2.75, 3.05) is 18.6 Å². The van der Waals surface area contributed by atoms with E-state index < -0.39 is 0 Å². The van der Waals surface area contributed by atoms with Gasteiger partial charge in [0.1, 0.15) is 0 Å². The Morgan fingerprint density at radius 3 is 2.93 bits per heavy atom. The van der Waals surface area contributed by atoms with Crippen LogP contribution in [-0.2, 0) is 4.79 Å². The number of unbranched alkanes of at least 4 members (excludes halogenated alkanes) is 1. The van der Waals surface area contributed by atoms with Crippen LogP contribution in [0.3, 0.4) is 0 Å². The summed E-state index contributed by atoms with van der Waals surface area (Å²) in [7, 11) is 1.89. The summed E-state index contributed by atoms with van der Waals surface area (Å²) in [6.07, 6.45) is 4.08. The number of carbonyl (C=O) groups excluding carboxylic acids is 1. The van der Waals surface area contributed by atoms with E-state index in [-0.39, 0.29) is 11.9 Å². The van der Waals surface area contributed by atoms with Crippen molar-refractivity contribution in [1.29, 1.82) is 0 Å². The van der Waals surface area contributed by atoms with Crippen molar-refractivity contribution in [3.8, 4) is 0 Å². The van der Waals surface area contributed by atoms with Gasteiger partial charge >= 0.3 is 0 Å². The van der Waals surface area contributed by atoms with Gasteiger partial charge in [0.2, 0.25) is 5.91 Å². The maximum atomic E-state index is 11.9. The largest absolute Gasteiger partial charge is 0.341 e. The molecule has 1 aliphatic rings. The van der Waals surface area contributed by atoms with Crippen molar-refractivity contribution in [3.63, 3.8) is 0 Å².